The van der Waals surface area contributed by atoms with Crippen molar-refractivity contribution < 1.29 is 0 Å². The molecule has 1 aliphatic rings. The van der Waals surface area contributed by atoms with Crippen LogP contribution in [0.1, 0.15) is 4.88 Å². The van der Waals surface area contributed by atoms with E-state index in [1.165, 1.54) is 28.3 Å². The Bertz CT molecular complexity index is 624. The van der Waals surface area contributed by atoms with Crippen molar-refractivity contribution >= 4 is 22.7 Å². The van der Waals surface area contributed by atoms with E-state index in [0.717, 1.165) is 22.8 Å². The summed E-state index contributed by atoms with van der Waals surface area (Å²) in [5.41, 5.74) is 3.58. The van der Waals surface area contributed by atoms with Gasteiger partial charge < -0.3 is 10.2 Å². The van der Waals surface area contributed by atoms with E-state index in [9.17, 15) is 0 Å². The zero-order valence-electron chi connectivity index (χ0n) is 10.1. The summed E-state index contributed by atoms with van der Waals surface area (Å²) in [5, 5.41) is 12.3. The molecule has 2 heterocycles. The molecule has 18 heavy (non-hydrogen) atoms. The Balaban J connectivity index is 2.02. The smallest absolute Gasteiger partial charge is 0.110 e. The minimum atomic E-state index is 0.757. The highest BCUT2D eigenvalue weighted by Gasteiger charge is 2.14. The summed E-state index contributed by atoms with van der Waals surface area (Å²) < 4.78 is 0. The molecule has 0 unspecified atom stereocenters. The first-order chi connectivity index (χ1) is 8.78. The molecule has 0 saturated heterocycles. The Morgan fingerprint density at radius 2 is 2.22 bits per heavy atom. The number of benzene rings is 1. The summed E-state index contributed by atoms with van der Waals surface area (Å²) in [4.78, 5) is 4.15. The van der Waals surface area contributed by atoms with E-state index in [2.05, 4.69) is 41.5 Å². The van der Waals surface area contributed by atoms with E-state index in [4.69, 9.17) is 5.26 Å². The van der Waals surface area contributed by atoms with Gasteiger partial charge >= 0.3 is 0 Å². The molecule has 1 aromatic heterocycles. The largest absolute Gasteiger partial charge is 0.382 e. The van der Waals surface area contributed by atoms with Crippen molar-refractivity contribution in [1.82, 2.24) is 0 Å². The minimum absolute atomic E-state index is 0.757. The van der Waals surface area contributed by atoms with Crippen molar-refractivity contribution in [3.05, 3.63) is 35.2 Å². The van der Waals surface area contributed by atoms with Crippen molar-refractivity contribution in [2.75, 3.05) is 30.4 Å². The van der Waals surface area contributed by atoms with Gasteiger partial charge in [0.1, 0.15) is 10.9 Å². The highest BCUT2D eigenvalue weighted by molar-refractivity contribution is 7.16. The molecule has 90 valence electrons. The first kappa shape index (κ1) is 11.1. The number of nitrogens with zero attached hydrogens (tertiary/aromatic N) is 2. The van der Waals surface area contributed by atoms with E-state index in [-0.39, 0.29) is 0 Å². The number of rotatable bonds is 1. The second kappa shape index (κ2) is 4.35. The van der Waals surface area contributed by atoms with Crippen LogP contribution in [-0.4, -0.2) is 20.1 Å². The van der Waals surface area contributed by atoms with Gasteiger partial charge in [-0.25, -0.2) is 0 Å². The fraction of sp³-hybridized carbons (Fsp3) is 0.214. The van der Waals surface area contributed by atoms with Crippen molar-refractivity contribution in [2.24, 2.45) is 0 Å². The fourth-order valence-corrected chi connectivity index (χ4v) is 3.00. The van der Waals surface area contributed by atoms with Gasteiger partial charge in [0.2, 0.25) is 0 Å². The predicted molar refractivity (Wildman–Crippen MR) is 76.2 cm³/mol. The summed E-state index contributed by atoms with van der Waals surface area (Å²) >= 11 is 1.53. The molecule has 1 aromatic carbocycles. The topological polar surface area (TPSA) is 39.1 Å². The van der Waals surface area contributed by atoms with Gasteiger partial charge in [0.15, 0.2) is 0 Å². The van der Waals surface area contributed by atoms with Gasteiger partial charge in [-0.3, -0.25) is 0 Å². The lowest BCUT2D eigenvalue weighted by atomic mass is 10.1. The summed E-state index contributed by atoms with van der Waals surface area (Å²) in [6.45, 7) is 2.00. The maximum Gasteiger partial charge on any atom is 0.110 e. The van der Waals surface area contributed by atoms with E-state index in [0.29, 0.717) is 0 Å². The number of nitrogens with one attached hydrogen (secondary N) is 1. The first-order valence-corrected chi connectivity index (χ1v) is 6.69. The summed E-state index contributed by atoms with van der Waals surface area (Å²) in [6.07, 6.45) is 0. The van der Waals surface area contributed by atoms with Crippen LogP contribution in [0.5, 0.6) is 0 Å². The van der Waals surface area contributed by atoms with Crippen LogP contribution in [0, 0.1) is 11.3 Å². The Morgan fingerprint density at radius 1 is 1.33 bits per heavy atom. The highest BCUT2D eigenvalue weighted by atomic mass is 32.1. The third kappa shape index (κ3) is 1.83. The SMILES string of the molecule is CN1CCNc2cc(-c3ccc(C#N)s3)ccc21. The molecular formula is C14H13N3S. The Hall–Kier alpha value is -1.99. The van der Waals surface area contributed by atoms with Crippen molar-refractivity contribution in [1.29, 1.82) is 5.26 Å². The molecule has 1 N–H and O–H groups in total. The molecule has 4 heteroatoms. The lowest BCUT2D eigenvalue weighted by Crippen LogP contribution is -2.30. The standard InChI is InChI=1S/C14H13N3S/c1-17-7-6-16-12-8-10(2-4-13(12)17)14-5-3-11(9-15)18-14/h2-5,8,16H,6-7H2,1H3. The molecule has 3 rings (SSSR count). The van der Waals surface area contributed by atoms with Gasteiger partial charge in [-0.2, -0.15) is 5.26 Å². The molecule has 0 saturated carbocycles. The zero-order chi connectivity index (χ0) is 12.5. The van der Waals surface area contributed by atoms with E-state index in [1.807, 2.05) is 12.1 Å². The van der Waals surface area contributed by atoms with E-state index >= 15 is 0 Å². The average Bonchev–Trinajstić information content (AvgIpc) is 2.87. The van der Waals surface area contributed by atoms with Crippen LogP contribution in [0.4, 0.5) is 11.4 Å². The second-order valence-corrected chi connectivity index (χ2v) is 5.44. The number of hydrogen-bond acceptors (Lipinski definition) is 4. The highest BCUT2D eigenvalue weighted by Crippen LogP contribution is 2.35. The fourth-order valence-electron chi connectivity index (χ4n) is 2.20. The maximum absolute atomic E-state index is 8.87. The average molecular weight is 255 g/mol. The molecule has 2 aromatic rings. The molecule has 0 bridgehead atoms. The Labute approximate surface area is 110 Å². The quantitative estimate of drug-likeness (QED) is 0.850. The molecule has 0 atom stereocenters. The molecule has 0 radical (unpaired) electrons. The normalized spacial score (nSPS) is 13.7. The number of likely N-dealkylation sites (N-methyl/N-ethyl adjacent to an activating group) is 1. The van der Waals surface area contributed by atoms with Crippen LogP contribution in [-0.2, 0) is 0 Å². The zero-order valence-corrected chi connectivity index (χ0v) is 10.9. The number of thiophene rings is 1. The van der Waals surface area contributed by atoms with Gasteiger partial charge in [0, 0.05) is 25.0 Å². The predicted octanol–water partition coefficient (Wildman–Crippen LogP) is 3.15. The van der Waals surface area contributed by atoms with Crippen molar-refractivity contribution in [3.8, 4) is 16.5 Å². The number of hydrogen-bond donors (Lipinski definition) is 1. The van der Waals surface area contributed by atoms with Crippen LogP contribution in [0.2, 0.25) is 0 Å². The van der Waals surface area contributed by atoms with Crippen LogP contribution < -0.4 is 10.2 Å². The van der Waals surface area contributed by atoms with E-state index < -0.39 is 0 Å². The van der Waals surface area contributed by atoms with Gasteiger partial charge in [-0.15, -0.1) is 11.3 Å². The number of anilines is 2. The van der Waals surface area contributed by atoms with Gasteiger partial charge in [-0.1, -0.05) is 6.07 Å². The van der Waals surface area contributed by atoms with Crippen LogP contribution in [0.3, 0.4) is 0 Å². The Kier molecular flexibility index (Phi) is 2.69. The number of fused-ring (bicyclic) bond motifs is 1. The number of nitriles is 1. The third-order valence-electron chi connectivity index (χ3n) is 3.17. The van der Waals surface area contributed by atoms with Crippen molar-refractivity contribution in [2.45, 2.75) is 0 Å². The summed E-state index contributed by atoms with van der Waals surface area (Å²) in [6, 6.07) is 12.5. The van der Waals surface area contributed by atoms with Gasteiger partial charge in [0.25, 0.3) is 0 Å². The lowest BCUT2D eigenvalue weighted by Gasteiger charge is -2.28. The molecule has 0 amide bonds. The second-order valence-electron chi connectivity index (χ2n) is 4.36. The molecule has 1 aliphatic heterocycles. The first-order valence-electron chi connectivity index (χ1n) is 5.87. The molecule has 0 aliphatic carbocycles. The molecule has 0 spiro atoms. The monoisotopic (exact) mass is 255 g/mol. The van der Waals surface area contributed by atoms with Crippen LogP contribution >= 0.6 is 11.3 Å². The molecule has 3 nitrogen and oxygen atoms in total. The van der Waals surface area contributed by atoms with Crippen molar-refractivity contribution in [3.63, 3.8) is 0 Å². The third-order valence-corrected chi connectivity index (χ3v) is 4.21. The molecule has 0 fully saturated rings. The Morgan fingerprint density at radius 3 is 3.00 bits per heavy atom. The van der Waals surface area contributed by atoms with Gasteiger partial charge in [-0.05, 0) is 29.8 Å². The summed E-state index contributed by atoms with van der Waals surface area (Å²) in [7, 11) is 2.11. The summed E-state index contributed by atoms with van der Waals surface area (Å²) in [5.74, 6) is 0. The minimum Gasteiger partial charge on any atom is -0.382 e. The van der Waals surface area contributed by atoms with Crippen LogP contribution in [0.15, 0.2) is 30.3 Å². The lowest BCUT2D eigenvalue weighted by molar-refractivity contribution is 0.887. The van der Waals surface area contributed by atoms with E-state index in [1.54, 1.807) is 0 Å². The van der Waals surface area contributed by atoms with Crippen LogP contribution in [0.25, 0.3) is 10.4 Å². The molecular weight excluding hydrogens is 242 g/mol. The van der Waals surface area contributed by atoms with Gasteiger partial charge in [0.05, 0.1) is 11.4 Å². The maximum atomic E-state index is 8.87.